The summed E-state index contributed by atoms with van der Waals surface area (Å²) in [5, 5.41) is 9.14. The third-order valence-corrected chi connectivity index (χ3v) is 1.86. The van der Waals surface area contributed by atoms with Crippen LogP contribution in [0.5, 0.6) is 5.75 Å². The molecule has 2 heteroatoms. The van der Waals surface area contributed by atoms with Crippen LogP contribution in [0, 0.1) is 6.92 Å². The van der Waals surface area contributed by atoms with Crippen molar-refractivity contribution in [3.05, 3.63) is 35.4 Å². The average Bonchev–Trinajstić information content (AvgIpc) is 2.03. The van der Waals surface area contributed by atoms with E-state index in [4.69, 9.17) is 9.84 Å². The van der Waals surface area contributed by atoms with Crippen molar-refractivity contribution in [3.8, 4) is 5.75 Å². The lowest BCUT2D eigenvalue weighted by atomic mass is 10.1. The van der Waals surface area contributed by atoms with Crippen molar-refractivity contribution < 1.29 is 9.84 Å². The third-order valence-electron chi connectivity index (χ3n) is 1.86. The minimum atomic E-state index is -0.792. The summed E-state index contributed by atoms with van der Waals surface area (Å²) in [6.07, 6.45) is 2.69. The van der Waals surface area contributed by atoms with Gasteiger partial charge in [0.25, 0.3) is 0 Å². The molecule has 0 saturated carbocycles. The van der Waals surface area contributed by atoms with Crippen LogP contribution in [0.2, 0.25) is 0 Å². The summed E-state index contributed by atoms with van der Waals surface area (Å²) in [4.78, 5) is 0. The quantitative estimate of drug-likeness (QED) is 0.629. The highest BCUT2D eigenvalue weighted by atomic mass is 16.6. The van der Waals surface area contributed by atoms with Gasteiger partial charge in [-0.25, -0.2) is 0 Å². The molecule has 0 aromatic heterocycles. The molecule has 1 atom stereocenters. The van der Waals surface area contributed by atoms with Gasteiger partial charge in [-0.2, -0.15) is 0 Å². The molecule has 0 radical (unpaired) electrons. The van der Waals surface area contributed by atoms with Crippen molar-refractivity contribution in [3.63, 3.8) is 0 Å². The minimum absolute atomic E-state index is 0.755. The summed E-state index contributed by atoms with van der Waals surface area (Å²) in [5.41, 5.74) is 2.15. The minimum Gasteiger partial charge on any atom is -0.461 e. The second kappa shape index (κ2) is 2.64. The molecule has 2 nitrogen and oxygen atoms in total. The van der Waals surface area contributed by atoms with Crippen molar-refractivity contribution >= 4 is 6.08 Å². The van der Waals surface area contributed by atoms with E-state index in [-0.39, 0.29) is 0 Å². The molecule has 1 aliphatic rings. The van der Waals surface area contributed by atoms with E-state index in [9.17, 15) is 0 Å². The Morgan fingerprint density at radius 2 is 2.25 bits per heavy atom. The number of aryl methyl sites for hydroxylation is 1. The highest BCUT2D eigenvalue weighted by Crippen LogP contribution is 2.25. The fourth-order valence-electron chi connectivity index (χ4n) is 1.24. The molecule has 0 saturated heterocycles. The molecule has 12 heavy (non-hydrogen) atoms. The van der Waals surface area contributed by atoms with Crippen LogP contribution in [0.1, 0.15) is 11.1 Å². The number of aliphatic hydroxyl groups excluding tert-OH is 1. The molecule has 1 aromatic rings. The Labute approximate surface area is 71.1 Å². The highest BCUT2D eigenvalue weighted by Gasteiger charge is 2.10. The summed E-state index contributed by atoms with van der Waals surface area (Å²) in [5.74, 6) is 0.755. The van der Waals surface area contributed by atoms with Gasteiger partial charge in [-0.3, -0.25) is 0 Å². The van der Waals surface area contributed by atoms with E-state index in [0.29, 0.717) is 0 Å². The molecule has 0 bridgehead atoms. The largest absolute Gasteiger partial charge is 0.461 e. The van der Waals surface area contributed by atoms with Crippen molar-refractivity contribution in [1.82, 2.24) is 0 Å². The number of benzene rings is 1. The van der Waals surface area contributed by atoms with Crippen LogP contribution in [-0.2, 0) is 0 Å². The first-order valence-corrected chi connectivity index (χ1v) is 3.89. The van der Waals surface area contributed by atoms with Crippen molar-refractivity contribution in [2.45, 2.75) is 13.2 Å². The molecule has 62 valence electrons. The maximum absolute atomic E-state index is 9.14. The molecule has 0 amide bonds. The van der Waals surface area contributed by atoms with Crippen LogP contribution in [-0.4, -0.2) is 11.4 Å². The van der Waals surface area contributed by atoms with Crippen LogP contribution < -0.4 is 4.74 Å². The molecule has 1 aliphatic heterocycles. The Morgan fingerprint density at radius 1 is 1.42 bits per heavy atom. The SMILES string of the molecule is Cc1ccc2c(c1)OC(O)C=C2. The van der Waals surface area contributed by atoms with Crippen LogP contribution in [0.25, 0.3) is 6.08 Å². The van der Waals surface area contributed by atoms with Crippen molar-refractivity contribution in [2.75, 3.05) is 0 Å². The Balaban J connectivity index is 2.47. The van der Waals surface area contributed by atoms with Gasteiger partial charge in [0, 0.05) is 5.56 Å². The van der Waals surface area contributed by atoms with Gasteiger partial charge in [0.2, 0.25) is 6.29 Å². The monoisotopic (exact) mass is 162 g/mol. The second-order valence-corrected chi connectivity index (χ2v) is 2.91. The van der Waals surface area contributed by atoms with Crippen LogP contribution in [0.4, 0.5) is 0 Å². The van der Waals surface area contributed by atoms with Gasteiger partial charge >= 0.3 is 0 Å². The summed E-state index contributed by atoms with van der Waals surface area (Å²) in [7, 11) is 0. The smallest absolute Gasteiger partial charge is 0.217 e. The zero-order valence-corrected chi connectivity index (χ0v) is 6.82. The molecule has 0 spiro atoms. The number of ether oxygens (including phenoxy) is 1. The van der Waals surface area contributed by atoms with E-state index in [1.807, 2.05) is 31.2 Å². The Bertz CT molecular complexity index is 329. The maximum atomic E-state index is 9.14. The molecule has 1 heterocycles. The van der Waals surface area contributed by atoms with E-state index in [2.05, 4.69) is 0 Å². The highest BCUT2D eigenvalue weighted by molar-refractivity contribution is 5.60. The van der Waals surface area contributed by atoms with Gasteiger partial charge < -0.3 is 9.84 Å². The lowest BCUT2D eigenvalue weighted by molar-refractivity contribution is 0.0230. The lowest BCUT2D eigenvalue weighted by Crippen LogP contribution is -2.15. The fourth-order valence-corrected chi connectivity index (χ4v) is 1.24. The van der Waals surface area contributed by atoms with E-state index in [0.717, 1.165) is 16.9 Å². The predicted molar refractivity (Wildman–Crippen MR) is 46.8 cm³/mol. The van der Waals surface area contributed by atoms with Gasteiger partial charge in [-0.1, -0.05) is 12.1 Å². The van der Waals surface area contributed by atoms with Crippen LogP contribution >= 0.6 is 0 Å². The molecule has 0 aliphatic carbocycles. The molecule has 2 rings (SSSR count). The first-order valence-electron chi connectivity index (χ1n) is 3.89. The number of aliphatic hydroxyl groups is 1. The summed E-state index contributed by atoms with van der Waals surface area (Å²) in [6.45, 7) is 1.99. The summed E-state index contributed by atoms with van der Waals surface area (Å²) < 4.78 is 5.18. The molecule has 0 fully saturated rings. The maximum Gasteiger partial charge on any atom is 0.217 e. The predicted octanol–water partition coefficient (Wildman–Crippen LogP) is 1.72. The third kappa shape index (κ3) is 1.21. The Kier molecular flexibility index (Phi) is 1.62. The van der Waals surface area contributed by atoms with Gasteiger partial charge in [0.15, 0.2) is 0 Å². The molecular weight excluding hydrogens is 152 g/mol. The first kappa shape index (κ1) is 7.37. The topological polar surface area (TPSA) is 29.5 Å². The number of hydrogen-bond acceptors (Lipinski definition) is 2. The van der Waals surface area contributed by atoms with Crippen LogP contribution in [0.15, 0.2) is 24.3 Å². The normalized spacial score (nSPS) is 20.0. The summed E-state index contributed by atoms with van der Waals surface area (Å²) >= 11 is 0. The number of fused-ring (bicyclic) bond motifs is 1. The van der Waals surface area contributed by atoms with Gasteiger partial charge in [0.05, 0.1) is 0 Å². The second-order valence-electron chi connectivity index (χ2n) is 2.91. The zero-order valence-electron chi connectivity index (χ0n) is 6.82. The van der Waals surface area contributed by atoms with E-state index in [1.54, 1.807) is 6.08 Å². The number of rotatable bonds is 0. The fraction of sp³-hybridized carbons (Fsp3) is 0.200. The van der Waals surface area contributed by atoms with Crippen molar-refractivity contribution in [2.24, 2.45) is 0 Å². The number of hydrogen-bond donors (Lipinski definition) is 1. The molecule has 1 unspecified atom stereocenters. The van der Waals surface area contributed by atoms with E-state index in [1.165, 1.54) is 0 Å². The lowest BCUT2D eigenvalue weighted by Gasteiger charge is -2.17. The van der Waals surface area contributed by atoms with Gasteiger partial charge in [-0.05, 0) is 30.7 Å². The summed E-state index contributed by atoms with van der Waals surface area (Å²) in [6, 6.07) is 5.92. The first-order chi connectivity index (χ1) is 5.75. The van der Waals surface area contributed by atoms with Crippen molar-refractivity contribution in [1.29, 1.82) is 0 Å². The standard InChI is InChI=1S/C10H10O2/c1-7-2-3-8-4-5-10(11)12-9(8)6-7/h2-6,10-11H,1H3. The molecule has 1 N–H and O–H groups in total. The van der Waals surface area contributed by atoms with E-state index < -0.39 is 6.29 Å². The molecular formula is C10H10O2. The average molecular weight is 162 g/mol. The van der Waals surface area contributed by atoms with Gasteiger partial charge in [0.1, 0.15) is 5.75 Å². The van der Waals surface area contributed by atoms with E-state index >= 15 is 0 Å². The molecule has 1 aromatic carbocycles. The Hall–Kier alpha value is -1.28. The zero-order chi connectivity index (χ0) is 8.55. The van der Waals surface area contributed by atoms with Crippen LogP contribution in [0.3, 0.4) is 0 Å². The Morgan fingerprint density at radius 3 is 3.08 bits per heavy atom. The van der Waals surface area contributed by atoms with Gasteiger partial charge in [-0.15, -0.1) is 0 Å².